The number of thioether (sulfide) groups is 1. The number of carboxylic acids is 1. The molecular formula is C11H13NO3S. The van der Waals surface area contributed by atoms with E-state index in [9.17, 15) is 9.59 Å². The predicted molar refractivity (Wildman–Crippen MR) is 62.5 cm³/mol. The molecule has 0 spiro atoms. The Hall–Kier alpha value is -1.49. The minimum absolute atomic E-state index is 0.191. The maximum absolute atomic E-state index is 10.8. The van der Waals surface area contributed by atoms with Crippen LogP contribution in [0, 0.1) is 5.92 Å². The Morgan fingerprint density at radius 3 is 2.38 bits per heavy atom. The largest absolute Gasteiger partial charge is 0.478 e. The third-order valence-electron chi connectivity index (χ3n) is 2.09. The number of amides is 1. The molecule has 0 aliphatic heterocycles. The Morgan fingerprint density at radius 2 is 1.94 bits per heavy atom. The summed E-state index contributed by atoms with van der Waals surface area (Å²) in [5.41, 5.74) is 5.39. The molecule has 0 saturated carbocycles. The highest BCUT2D eigenvalue weighted by molar-refractivity contribution is 7.99. The lowest BCUT2D eigenvalue weighted by molar-refractivity contribution is -0.120. The van der Waals surface area contributed by atoms with Crippen LogP contribution in [0.3, 0.4) is 0 Å². The van der Waals surface area contributed by atoms with E-state index in [1.165, 1.54) is 11.8 Å². The average Bonchev–Trinajstić information content (AvgIpc) is 2.26. The van der Waals surface area contributed by atoms with Crippen LogP contribution in [0.1, 0.15) is 17.3 Å². The van der Waals surface area contributed by atoms with Crippen LogP contribution in [-0.2, 0) is 4.79 Å². The van der Waals surface area contributed by atoms with E-state index in [2.05, 4.69) is 0 Å². The smallest absolute Gasteiger partial charge is 0.335 e. The summed E-state index contributed by atoms with van der Waals surface area (Å²) in [6.07, 6.45) is 0. The Balaban J connectivity index is 2.56. The predicted octanol–water partition coefficient (Wildman–Crippen LogP) is 1.60. The second kappa shape index (κ2) is 5.55. The number of aromatic carboxylic acids is 1. The van der Waals surface area contributed by atoms with Crippen molar-refractivity contribution < 1.29 is 14.7 Å². The summed E-state index contributed by atoms with van der Waals surface area (Å²) in [5, 5.41) is 8.70. The number of nitrogens with two attached hydrogens (primary N) is 1. The van der Waals surface area contributed by atoms with Gasteiger partial charge in [0.25, 0.3) is 0 Å². The van der Waals surface area contributed by atoms with Crippen LogP contribution in [0.4, 0.5) is 0 Å². The van der Waals surface area contributed by atoms with Gasteiger partial charge in [0.1, 0.15) is 0 Å². The molecule has 1 unspecified atom stereocenters. The zero-order valence-corrected chi connectivity index (χ0v) is 9.66. The van der Waals surface area contributed by atoms with Crippen molar-refractivity contribution in [3.63, 3.8) is 0 Å². The molecule has 3 N–H and O–H groups in total. The zero-order chi connectivity index (χ0) is 12.1. The zero-order valence-electron chi connectivity index (χ0n) is 8.84. The molecule has 1 amide bonds. The molecule has 0 saturated heterocycles. The summed E-state index contributed by atoms with van der Waals surface area (Å²) in [4.78, 5) is 22.3. The van der Waals surface area contributed by atoms with E-state index in [0.29, 0.717) is 5.75 Å². The van der Waals surface area contributed by atoms with Crippen LogP contribution in [0.15, 0.2) is 29.2 Å². The average molecular weight is 239 g/mol. The third-order valence-corrected chi connectivity index (χ3v) is 3.36. The first-order valence-electron chi connectivity index (χ1n) is 4.76. The van der Waals surface area contributed by atoms with Crippen molar-refractivity contribution in [1.82, 2.24) is 0 Å². The second-order valence-electron chi connectivity index (χ2n) is 3.44. The molecular weight excluding hydrogens is 226 g/mol. The number of hydrogen-bond acceptors (Lipinski definition) is 3. The monoisotopic (exact) mass is 239 g/mol. The van der Waals surface area contributed by atoms with Crippen molar-refractivity contribution in [2.24, 2.45) is 11.7 Å². The summed E-state index contributed by atoms with van der Waals surface area (Å²) in [6.45, 7) is 1.76. The van der Waals surface area contributed by atoms with Crippen molar-refractivity contribution in [3.8, 4) is 0 Å². The van der Waals surface area contributed by atoms with Crippen LogP contribution >= 0.6 is 11.8 Å². The van der Waals surface area contributed by atoms with Crippen molar-refractivity contribution in [2.45, 2.75) is 11.8 Å². The first-order valence-corrected chi connectivity index (χ1v) is 5.74. The molecule has 16 heavy (non-hydrogen) atoms. The van der Waals surface area contributed by atoms with Crippen LogP contribution in [0.25, 0.3) is 0 Å². The van der Waals surface area contributed by atoms with Gasteiger partial charge in [-0.15, -0.1) is 11.8 Å². The van der Waals surface area contributed by atoms with Crippen molar-refractivity contribution in [2.75, 3.05) is 5.75 Å². The fourth-order valence-corrected chi connectivity index (χ4v) is 1.93. The highest BCUT2D eigenvalue weighted by Gasteiger charge is 2.09. The molecule has 0 aromatic heterocycles. The topological polar surface area (TPSA) is 80.4 Å². The lowest BCUT2D eigenvalue weighted by Crippen LogP contribution is -2.22. The van der Waals surface area contributed by atoms with E-state index in [1.807, 2.05) is 0 Å². The van der Waals surface area contributed by atoms with Gasteiger partial charge >= 0.3 is 5.97 Å². The lowest BCUT2D eigenvalue weighted by atomic mass is 10.2. The van der Waals surface area contributed by atoms with E-state index < -0.39 is 5.97 Å². The van der Waals surface area contributed by atoms with Gasteiger partial charge in [0.2, 0.25) is 5.91 Å². The van der Waals surface area contributed by atoms with Crippen LogP contribution in [0.5, 0.6) is 0 Å². The van der Waals surface area contributed by atoms with E-state index in [-0.39, 0.29) is 17.4 Å². The summed E-state index contributed by atoms with van der Waals surface area (Å²) in [5.74, 6) is -0.859. The second-order valence-corrected chi connectivity index (χ2v) is 4.54. The molecule has 0 aliphatic carbocycles. The van der Waals surface area contributed by atoms with Crippen molar-refractivity contribution >= 4 is 23.6 Å². The molecule has 1 atom stereocenters. The molecule has 0 bridgehead atoms. The Morgan fingerprint density at radius 1 is 1.38 bits per heavy atom. The van der Waals surface area contributed by atoms with Gasteiger partial charge in [-0.05, 0) is 24.3 Å². The molecule has 0 radical (unpaired) electrons. The summed E-state index contributed by atoms with van der Waals surface area (Å²) in [7, 11) is 0. The van der Waals surface area contributed by atoms with E-state index in [0.717, 1.165) is 4.90 Å². The van der Waals surface area contributed by atoms with Crippen LogP contribution < -0.4 is 5.73 Å². The number of hydrogen-bond donors (Lipinski definition) is 2. The molecule has 86 valence electrons. The highest BCUT2D eigenvalue weighted by atomic mass is 32.2. The van der Waals surface area contributed by atoms with Gasteiger partial charge in [-0.2, -0.15) is 0 Å². The maximum atomic E-state index is 10.8. The molecule has 1 rings (SSSR count). The normalized spacial score (nSPS) is 12.1. The van der Waals surface area contributed by atoms with E-state index in [1.54, 1.807) is 31.2 Å². The molecule has 0 aliphatic rings. The fraction of sp³-hybridized carbons (Fsp3) is 0.273. The molecule has 5 heteroatoms. The van der Waals surface area contributed by atoms with Gasteiger partial charge in [-0.25, -0.2) is 4.79 Å². The van der Waals surface area contributed by atoms with Gasteiger partial charge < -0.3 is 10.8 Å². The number of carboxylic acid groups (broad SMARTS) is 1. The van der Waals surface area contributed by atoms with Gasteiger partial charge in [-0.1, -0.05) is 6.92 Å². The highest BCUT2D eigenvalue weighted by Crippen LogP contribution is 2.21. The fourth-order valence-electron chi connectivity index (χ4n) is 0.997. The standard InChI is InChI=1S/C11H13NO3S/c1-7(10(12)13)6-16-9-4-2-8(3-5-9)11(14)15/h2-5,7H,6H2,1H3,(H2,12,13)(H,14,15). The van der Waals surface area contributed by atoms with Crippen molar-refractivity contribution in [3.05, 3.63) is 29.8 Å². The quantitative estimate of drug-likeness (QED) is 0.765. The minimum atomic E-state index is -0.943. The van der Waals surface area contributed by atoms with E-state index in [4.69, 9.17) is 10.8 Å². The Bertz CT molecular complexity index is 389. The molecule has 0 fully saturated rings. The van der Waals surface area contributed by atoms with E-state index >= 15 is 0 Å². The minimum Gasteiger partial charge on any atom is -0.478 e. The number of primary amides is 1. The maximum Gasteiger partial charge on any atom is 0.335 e. The number of rotatable bonds is 5. The molecule has 0 heterocycles. The van der Waals surface area contributed by atoms with Gasteiger partial charge in [0.15, 0.2) is 0 Å². The Kier molecular flexibility index (Phi) is 4.37. The third kappa shape index (κ3) is 3.58. The summed E-state index contributed by atoms with van der Waals surface area (Å²) >= 11 is 1.48. The lowest BCUT2D eigenvalue weighted by Gasteiger charge is -2.06. The Labute approximate surface area is 97.8 Å². The molecule has 1 aromatic rings. The molecule has 4 nitrogen and oxygen atoms in total. The number of carbonyl (C=O) groups excluding carboxylic acids is 1. The summed E-state index contributed by atoms with van der Waals surface area (Å²) in [6, 6.07) is 6.53. The first-order chi connectivity index (χ1) is 7.50. The summed E-state index contributed by atoms with van der Waals surface area (Å²) < 4.78 is 0. The molecule has 1 aromatic carbocycles. The van der Waals surface area contributed by atoms with Gasteiger partial charge in [0.05, 0.1) is 5.56 Å². The SMILES string of the molecule is CC(CSc1ccc(C(=O)O)cc1)C(N)=O. The van der Waals surface area contributed by atoms with Crippen LogP contribution in [-0.4, -0.2) is 22.7 Å². The first kappa shape index (κ1) is 12.6. The van der Waals surface area contributed by atoms with Crippen LogP contribution in [0.2, 0.25) is 0 Å². The van der Waals surface area contributed by atoms with Gasteiger partial charge in [-0.3, -0.25) is 4.79 Å². The number of benzene rings is 1. The van der Waals surface area contributed by atoms with Gasteiger partial charge in [0, 0.05) is 16.6 Å². The van der Waals surface area contributed by atoms with Crippen molar-refractivity contribution in [1.29, 1.82) is 0 Å². The number of carbonyl (C=O) groups is 2.